The highest BCUT2D eigenvalue weighted by atomic mass is 35.5. The summed E-state index contributed by atoms with van der Waals surface area (Å²) in [5, 5.41) is 21.0. The average Bonchev–Trinajstić information content (AvgIpc) is 2.26. The van der Waals surface area contributed by atoms with Gasteiger partial charge in [0.1, 0.15) is 11.0 Å². The van der Waals surface area contributed by atoms with Gasteiger partial charge in [0.2, 0.25) is 0 Å². The second kappa shape index (κ2) is 5.33. The summed E-state index contributed by atoms with van der Waals surface area (Å²) < 4.78 is 0. The summed E-state index contributed by atoms with van der Waals surface area (Å²) in [6, 6.07) is 2.69. The van der Waals surface area contributed by atoms with E-state index in [2.05, 4.69) is 10.3 Å². The molecule has 94 valence electrons. The normalized spacial score (nSPS) is 11.3. The van der Waals surface area contributed by atoms with Gasteiger partial charge < -0.3 is 15.5 Å². The van der Waals surface area contributed by atoms with E-state index in [0.717, 1.165) is 0 Å². The molecule has 1 aromatic heterocycles. The molecule has 0 bridgehead atoms. The Bertz CT molecular complexity index is 421. The first kappa shape index (κ1) is 13.7. The van der Waals surface area contributed by atoms with Gasteiger partial charge in [-0.3, -0.25) is 0 Å². The molecule has 0 saturated heterocycles. The van der Waals surface area contributed by atoms with Crippen LogP contribution in [-0.2, 0) is 0 Å². The van der Waals surface area contributed by atoms with E-state index in [4.69, 9.17) is 21.8 Å². The van der Waals surface area contributed by atoms with Crippen LogP contribution in [0.4, 0.5) is 5.82 Å². The number of aromatic carboxylic acids is 1. The number of nitrogens with one attached hydrogen (secondary N) is 1. The van der Waals surface area contributed by atoms with Crippen molar-refractivity contribution in [1.82, 2.24) is 4.98 Å². The molecule has 3 N–H and O–H groups in total. The number of halogens is 1. The molecule has 5 nitrogen and oxygen atoms in total. The molecule has 0 unspecified atom stereocenters. The van der Waals surface area contributed by atoms with Gasteiger partial charge in [0, 0.05) is 18.6 Å². The third-order valence-electron chi connectivity index (χ3n) is 2.22. The van der Waals surface area contributed by atoms with Crippen LogP contribution in [0.3, 0.4) is 0 Å². The number of anilines is 1. The number of aromatic nitrogens is 1. The lowest BCUT2D eigenvalue weighted by Crippen LogP contribution is -2.27. The Labute approximate surface area is 104 Å². The predicted molar refractivity (Wildman–Crippen MR) is 65.6 cm³/mol. The molecule has 0 atom stereocenters. The topological polar surface area (TPSA) is 82.5 Å². The monoisotopic (exact) mass is 258 g/mol. The summed E-state index contributed by atoms with van der Waals surface area (Å²) in [6.07, 6.45) is 0. The largest absolute Gasteiger partial charge is 0.478 e. The summed E-state index contributed by atoms with van der Waals surface area (Å²) in [5.41, 5.74) is -0.234. The first-order chi connectivity index (χ1) is 7.84. The molecule has 6 heteroatoms. The van der Waals surface area contributed by atoms with Crippen LogP contribution in [0.25, 0.3) is 0 Å². The van der Waals surface area contributed by atoms with Crippen LogP contribution in [0, 0.1) is 5.41 Å². The smallest absolute Gasteiger partial charge is 0.335 e. The maximum Gasteiger partial charge on any atom is 0.335 e. The fourth-order valence-corrected chi connectivity index (χ4v) is 1.31. The highest BCUT2D eigenvalue weighted by Crippen LogP contribution is 2.18. The number of pyridine rings is 1. The average molecular weight is 259 g/mol. The second-order valence-corrected chi connectivity index (χ2v) is 4.93. The third kappa shape index (κ3) is 4.20. The molecular weight excluding hydrogens is 244 g/mol. The van der Waals surface area contributed by atoms with Crippen LogP contribution < -0.4 is 5.32 Å². The number of hydrogen-bond donors (Lipinski definition) is 3. The van der Waals surface area contributed by atoms with Gasteiger partial charge in [-0.25, -0.2) is 9.78 Å². The van der Waals surface area contributed by atoms with Gasteiger partial charge in [0.25, 0.3) is 0 Å². The third-order valence-corrected chi connectivity index (χ3v) is 2.41. The number of aliphatic hydroxyl groups is 1. The lowest BCUT2D eigenvalue weighted by molar-refractivity contribution is 0.0697. The minimum absolute atomic E-state index is 0.0202. The fourth-order valence-electron chi connectivity index (χ4n) is 1.10. The van der Waals surface area contributed by atoms with E-state index >= 15 is 0 Å². The summed E-state index contributed by atoms with van der Waals surface area (Å²) in [4.78, 5) is 14.8. The molecule has 17 heavy (non-hydrogen) atoms. The first-order valence-corrected chi connectivity index (χ1v) is 5.47. The summed E-state index contributed by atoms with van der Waals surface area (Å²) >= 11 is 5.71. The molecular formula is C11H15ClN2O3. The molecule has 0 saturated carbocycles. The maximum atomic E-state index is 10.8. The highest BCUT2D eigenvalue weighted by Gasteiger charge is 2.16. The molecule has 0 aliphatic heterocycles. The zero-order chi connectivity index (χ0) is 13.1. The molecule has 0 aliphatic carbocycles. The van der Waals surface area contributed by atoms with Gasteiger partial charge in [0.05, 0.1) is 5.56 Å². The minimum atomic E-state index is -1.06. The number of carboxylic acid groups (broad SMARTS) is 1. The van der Waals surface area contributed by atoms with Gasteiger partial charge in [-0.05, 0) is 12.1 Å². The van der Waals surface area contributed by atoms with Gasteiger partial charge in [-0.2, -0.15) is 0 Å². The molecule has 1 heterocycles. The van der Waals surface area contributed by atoms with Crippen molar-refractivity contribution in [3.05, 3.63) is 22.8 Å². The Balaban J connectivity index is 2.81. The standard InChI is InChI=1S/C11H15ClN2O3/c1-11(2,6-15)5-13-9-4-7(10(16)17)3-8(12)14-9/h3-4,15H,5-6H2,1-2H3,(H,13,14)(H,16,17). The molecule has 0 spiro atoms. The first-order valence-electron chi connectivity index (χ1n) is 5.10. The number of hydrogen-bond acceptors (Lipinski definition) is 4. The van der Waals surface area contributed by atoms with Gasteiger partial charge >= 0.3 is 5.97 Å². The SMILES string of the molecule is CC(C)(CO)CNc1cc(C(=O)O)cc(Cl)n1. The zero-order valence-corrected chi connectivity index (χ0v) is 10.5. The maximum absolute atomic E-state index is 10.8. The van der Waals surface area contributed by atoms with Crippen molar-refractivity contribution in [3.8, 4) is 0 Å². The van der Waals surface area contributed by atoms with Crippen molar-refractivity contribution < 1.29 is 15.0 Å². The molecule has 0 amide bonds. The van der Waals surface area contributed by atoms with E-state index < -0.39 is 5.97 Å². The van der Waals surface area contributed by atoms with E-state index in [1.54, 1.807) is 0 Å². The van der Waals surface area contributed by atoms with Gasteiger partial charge in [-0.1, -0.05) is 25.4 Å². The van der Waals surface area contributed by atoms with Crippen LogP contribution in [0.5, 0.6) is 0 Å². The number of aliphatic hydroxyl groups excluding tert-OH is 1. The predicted octanol–water partition coefficient (Wildman–Crippen LogP) is 1.86. The van der Waals surface area contributed by atoms with Crippen molar-refractivity contribution in [3.63, 3.8) is 0 Å². The fraction of sp³-hybridized carbons (Fsp3) is 0.455. The zero-order valence-electron chi connectivity index (χ0n) is 9.70. The number of carboxylic acids is 1. The minimum Gasteiger partial charge on any atom is -0.478 e. The summed E-state index contributed by atoms with van der Waals surface area (Å²) in [6.45, 7) is 4.24. The summed E-state index contributed by atoms with van der Waals surface area (Å²) in [7, 11) is 0. The number of nitrogens with zero attached hydrogens (tertiary/aromatic N) is 1. The van der Waals surface area contributed by atoms with Crippen molar-refractivity contribution in [2.75, 3.05) is 18.5 Å². The Kier molecular flexibility index (Phi) is 4.31. The molecule has 0 fully saturated rings. The van der Waals surface area contributed by atoms with E-state index in [9.17, 15) is 4.79 Å². The highest BCUT2D eigenvalue weighted by molar-refractivity contribution is 6.29. The van der Waals surface area contributed by atoms with E-state index in [-0.39, 0.29) is 22.7 Å². The van der Waals surface area contributed by atoms with E-state index in [1.165, 1.54) is 12.1 Å². The molecule has 1 rings (SSSR count). The van der Waals surface area contributed by atoms with Crippen LogP contribution in [0.2, 0.25) is 5.15 Å². The lowest BCUT2D eigenvalue weighted by atomic mass is 9.95. The second-order valence-electron chi connectivity index (χ2n) is 4.54. The van der Waals surface area contributed by atoms with E-state index in [1.807, 2.05) is 13.8 Å². The van der Waals surface area contributed by atoms with Crippen molar-refractivity contribution in [2.24, 2.45) is 5.41 Å². The Hall–Kier alpha value is -1.33. The molecule has 0 aliphatic rings. The van der Waals surface area contributed by atoms with Gasteiger partial charge in [-0.15, -0.1) is 0 Å². The quantitative estimate of drug-likeness (QED) is 0.703. The van der Waals surface area contributed by atoms with Crippen LogP contribution in [-0.4, -0.2) is 34.3 Å². The van der Waals surface area contributed by atoms with Crippen LogP contribution in [0.15, 0.2) is 12.1 Å². The Morgan fingerprint density at radius 2 is 2.18 bits per heavy atom. The molecule has 1 aromatic rings. The molecule has 0 radical (unpaired) electrons. The van der Waals surface area contributed by atoms with Crippen LogP contribution >= 0.6 is 11.6 Å². The Morgan fingerprint density at radius 1 is 1.53 bits per heavy atom. The van der Waals surface area contributed by atoms with Crippen molar-refractivity contribution in [1.29, 1.82) is 0 Å². The van der Waals surface area contributed by atoms with E-state index in [0.29, 0.717) is 12.4 Å². The number of carbonyl (C=O) groups is 1. The molecule has 0 aromatic carbocycles. The van der Waals surface area contributed by atoms with Crippen molar-refractivity contribution in [2.45, 2.75) is 13.8 Å². The summed E-state index contributed by atoms with van der Waals surface area (Å²) in [5.74, 6) is -0.671. The van der Waals surface area contributed by atoms with Gasteiger partial charge in [0.15, 0.2) is 0 Å². The van der Waals surface area contributed by atoms with Crippen LogP contribution in [0.1, 0.15) is 24.2 Å². The lowest BCUT2D eigenvalue weighted by Gasteiger charge is -2.22. The van der Waals surface area contributed by atoms with Crippen molar-refractivity contribution >= 4 is 23.4 Å². The Morgan fingerprint density at radius 3 is 2.71 bits per heavy atom. The number of rotatable bonds is 5.